The van der Waals surface area contributed by atoms with E-state index in [1.165, 1.54) is 16.7 Å². The van der Waals surface area contributed by atoms with Crippen LogP contribution in [0.2, 0.25) is 0 Å². The normalized spacial score (nSPS) is 10.4. The molecule has 0 fully saturated rings. The summed E-state index contributed by atoms with van der Waals surface area (Å²) in [6.07, 6.45) is 4.11. The molecule has 0 saturated carbocycles. The second-order valence-corrected chi connectivity index (χ2v) is 5.23. The van der Waals surface area contributed by atoms with Crippen LogP contribution in [0.25, 0.3) is 0 Å². The number of hydrogen-bond acceptors (Lipinski definition) is 2. The molecule has 2 aromatic carbocycles. The Balaban J connectivity index is 1.75. The molecular weight excluding hydrogens is 244 g/mol. The molecule has 2 aromatic rings. The van der Waals surface area contributed by atoms with Gasteiger partial charge in [0.15, 0.2) is 0 Å². The Kier molecular flexibility index (Phi) is 4.83. The van der Waals surface area contributed by atoms with Crippen LogP contribution in [-0.4, -0.2) is 0 Å². The van der Waals surface area contributed by atoms with E-state index in [4.69, 9.17) is 11.5 Å². The van der Waals surface area contributed by atoms with Crippen molar-refractivity contribution in [3.05, 3.63) is 71.8 Å². The minimum Gasteiger partial charge on any atom is -0.399 e. The van der Waals surface area contributed by atoms with Crippen LogP contribution in [0.5, 0.6) is 0 Å². The average Bonchev–Trinajstić information content (AvgIpc) is 2.46. The summed E-state index contributed by atoms with van der Waals surface area (Å²) in [6.45, 7) is 4.17. The fraction of sp³-hybridized carbons (Fsp3) is 0.222. The molecule has 4 N–H and O–H groups in total. The lowest BCUT2D eigenvalue weighted by Crippen LogP contribution is -1.93. The number of hydrogen-bond donors (Lipinski definition) is 2. The molecule has 0 bridgehead atoms. The van der Waals surface area contributed by atoms with Crippen molar-refractivity contribution < 1.29 is 0 Å². The van der Waals surface area contributed by atoms with Gasteiger partial charge in [0.25, 0.3) is 0 Å². The Labute approximate surface area is 121 Å². The summed E-state index contributed by atoms with van der Waals surface area (Å²) < 4.78 is 0. The van der Waals surface area contributed by atoms with Gasteiger partial charge in [-0.2, -0.15) is 0 Å². The Morgan fingerprint density at radius 3 is 1.40 bits per heavy atom. The van der Waals surface area contributed by atoms with Gasteiger partial charge in [0.2, 0.25) is 0 Å². The van der Waals surface area contributed by atoms with Crippen molar-refractivity contribution in [1.82, 2.24) is 0 Å². The van der Waals surface area contributed by atoms with E-state index in [9.17, 15) is 0 Å². The molecule has 0 saturated heterocycles. The molecule has 0 aliphatic heterocycles. The highest BCUT2D eigenvalue weighted by atomic mass is 14.5. The van der Waals surface area contributed by atoms with Gasteiger partial charge in [-0.15, -0.1) is 0 Å². The van der Waals surface area contributed by atoms with E-state index in [0.29, 0.717) is 0 Å². The molecule has 2 rings (SSSR count). The van der Waals surface area contributed by atoms with Crippen molar-refractivity contribution in [3.63, 3.8) is 0 Å². The lowest BCUT2D eigenvalue weighted by molar-refractivity contribution is 0.840. The first kappa shape index (κ1) is 14.2. The zero-order valence-corrected chi connectivity index (χ0v) is 11.8. The van der Waals surface area contributed by atoms with Crippen LogP contribution in [0.1, 0.15) is 24.0 Å². The molecular formula is C18H22N2. The minimum absolute atomic E-state index is 0.816. The number of nitrogens with two attached hydrogens (primary N) is 2. The number of rotatable bonds is 6. The number of nitrogen functional groups attached to an aromatic ring is 2. The van der Waals surface area contributed by atoms with E-state index < -0.39 is 0 Å². The standard InChI is InChI=1S/C18H22N2/c1-14(2-4-15-6-10-17(19)11-7-15)3-5-16-8-12-18(20)13-9-16/h6-13H,1-5,19-20H2. The largest absolute Gasteiger partial charge is 0.399 e. The monoisotopic (exact) mass is 266 g/mol. The molecule has 0 amide bonds. The van der Waals surface area contributed by atoms with E-state index in [-0.39, 0.29) is 0 Å². The second-order valence-electron chi connectivity index (χ2n) is 5.23. The van der Waals surface area contributed by atoms with E-state index >= 15 is 0 Å². The fourth-order valence-electron chi connectivity index (χ4n) is 2.14. The van der Waals surface area contributed by atoms with Crippen molar-refractivity contribution in [3.8, 4) is 0 Å². The molecule has 0 heterocycles. The van der Waals surface area contributed by atoms with Gasteiger partial charge in [-0.25, -0.2) is 0 Å². The van der Waals surface area contributed by atoms with Crippen molar-refractivity contribution in [1.29, 1.82) is 0 Å². The van der Waals surface area contributed by atoms with Crippen LogP contribution in [-0.2, 0) is 12.8 Å². The summed E-state index contributed by atoms with van der Waals surface area (Å²) >= 11 is 0. The summed E-state index contributed by atoms with van der Waals surface area (Å²) in [5.74, 6) is 0. The number of aryl methyl sites for hydroxylation is 2. The number of allylic oxidation sites excluding steroid dienone is 1. The molecule has 0 aliphatic carbocycles. The lowest BCUT2D eigenvalue weighted by atomic mass is 9.99. The van der Waals surface area contributed by atoms with Crippen LogP contribution in [0.15, 0.2) is 60.7 Å². The summed E-state index contributed by atoms with van der Waals surface area (Å²) in [5.41, 5.74) is 16.9. The molecule has 2 nitrogen and oxygen atoms in total. The Morgan fingerprint density at radius 2 is 1.05 bits per heavy atom. The van der Waals surface area contributed by atoms with Gasteiger partial charge in [-0.05, 0) is 61.1 Å². The van der Waals surface area contributed by atoms with E-state index in [2.05, 4.69) is 30.8 Å². The Bertz CT molecular complexity index is 501. The Hall–Kier alpha value is -2.22. The van der Waals surface area contributed by atoms with Gasteiger partial charge in [-0.3, -0.25) is 0 Å². The number of anilines is 2. The van der Waals surface area contributed by atoms with Crippen LogP contribution >= 0.6 is 0 Å². The van der Waals surface area contributed by atoms with E-state index in [1.807, 2.05) is 24.3 Å². The van der Waals surface area contributed by atoms with E-state index in [0.717, 1.165) is 37.1 Å². The van der Waals surface area contributed by atoms with E-state index in [1.54, 1.807) is 0 Å². The molecule has 0 radical (unpaired) electrons. The average molecular weight is 266 g/mol. The molecule has 0 aromatic heterocycles. The maximum atomic E-state index is 5.68. The number of benzene rings is 2. The predicted octanol–water partition coefficient (Wildman–Crippen LogP) is 3.97. The minimum atomic E-state index is 0.816. The van der Waals surface area contributed by atoms with Crippen molar-refractivity contribution >= 4 is 11.4 Å². The molecule has 0 aliphatic rings. The predicted molar refractivity (Wildman–Crippen MR) is 87.5 cm³/mol. The third kappa shape index (κ3) is 4.47. The molecule has 0 atom stereocenters. The molecule has 20 heavy (non-hydrogen) atoms. The second kappa shape index (κ2) is 6.80. The lowest BCUT2D eigenvalue weighted by Gasteiger charge is -2.07. The first-order chi connectivity index (χ1) is 9.63. The highest BCUT2D eigenvalue weighted by Gasteiger charge is 1.99. The maximum Gasteiger partial charge on any atom is 0.0314 e. The quantitative estimate of drug-likeness (QED) is 0.614. The van der Waals surface area contributed by atoms with Gasteiger partial charge in [-0.1, -0.05) is 36.4 Å². The van der Waals surface area contributed by atoms with Crippen LogP contribution < -0.4 is 11.5 Å². The molecule has 0 unspecified atom stereocenters. The highest BCUT2D eigenvalue weighted by molar-refractivity contribution is 5.40. The zero-order chi connectivity index (χ0) is 14.4. The maximum absolute atomic E-state index is 5.68. The van der Waals surface area contributed by atoms with Crippen molar-refractivity contribution in [2.45, 2.75) is 25.7 Å². The first-order valence-electron chi connectivity index (χ1n) is 6.99. The third-order valence-corrected chi connectivity index (χ3v) is 3.49. The van der Waals surface area contributed by atoms with Gasteiger partial charge in [0, 0.05) is 11.4 Å². The Morgan fingerprint density at radius 1 is 0.700 bits per heavy atom. The van der Waals surface area contributed by atoms with Crippen LogP contribution in [0.3, 0.4) is 0 Å². The van der Waals surface area contributed by atoms with Gasteiger partial charge < -0.3 is 11.5 Å². The fourth-order valence-corrected chi connectivity index (χ4v) is 2.14. The topological polar surface area (TPSA) is 52.0 Å². The summed E-state index contributed by atoms with van der Waals surface area (Å²) in [4.78, 5) is 0. The van der Waals surface area contributed by atoms with Gasteiger partial charge >= 0.3 is 0 Å². The smallest absolute Gasteiger partial charge is 0.0314 e. The SMILES string of the molecule is C=C(CCc1ccc(N)cc1)CCc1ccc(N)cc1. The highest BCUT2D eigenvalue weighted by Crippen LogP contribution is 2.15. The van der Waals surface area contributed by atoms with Crippen molar-refractivity contribution in [2.75, 3.05) is 11.5 Å². The summed E-state index contributed by atoms with van der Waals surface area (Å²) in [5, 5.41) is 0. The summed E-state index contributed by atoms with van der Waals surface area (Å²) in [6, 6.07) is 16.1. The molecule has 0 spiro atoms. The first-order valence-corrected chi connectivity index (χ1v) is 6.99. The van der Waals surface area contributed by atoms with Crippen LogP contribution in [0.4, 0.5) is 11.4 Å². The third-order valence-electron chi connectivity index (χ3n) is 3.49. The van der Waals surface area contributed by atoms with Crippen molar-refractivity contribution in [2.24, 2.45) is 0 Å². The van der Waals surface area contributed by atoms with Gasteiger partial charge in [0.05, 0.1) is 0 Å². The summed E-state index contributed by atoms with van der Waals surface area (Å²) in [7, 11) is 0. The zero-order valence-electron chi connectivity index (χ0n) is 11.8. The molecule has 2 heteroatoms. The van der Waals surface area contributed by atoms with Gasteiger partial charge in [0.1, 0.15) is 0 Å². The molecule has 104 valence electrons. The van der Waals surface area contributed by atoms with Crippen LogP contribution in [0, 0.1) is 0 Å².